The first-order chi connectivity index (χ1) is 9.25. The highest BCUT2D eigenvalue weighted by Crippen LogP contribution is 2.34. The van der Waals surface area contributed by atoms with Crippen LogP contribution in [0.2, 0.25) is 0 Å². The fourth-order valence-electron chi connectivity index (χ4n) is 1.34. The largest absolute Gasteiger partial charge is 0.480 e. The third kappa shape index (κ3) is 4.12. The summed E-state index contributed by atoms with van der Waals surface area (Å²) in [4.78, 5) is 22.0. The normalized spacial score (nSPS) is 12.6. The van der Waals surface area contributed by atoms with Gasteiger partial charge in [0.25, 0.3) is 0 Å². The standard InChI is InChI=1S/C11H11F3N2O4/c12-11(13,14)6-3-1-2-4-7(6)15-10(20)16-8(5-17)9(18)19/h1-4,8,17H,5H2,(H,18,19)(H2,15,16,20). The quantitative estimate of drug-likeness (QED) is 0.671. The van der Waals surface area contributed by atoms with E-state index in [-0.39, 0.29) is 0 Å². The zero-order valence-electron chi connectivity index (χ0n) is 9.94. The van der Waals surface area contributed by atoms with Crippen molar-refractivity contribution in [3.8, 4) is 0 Å². The molecule has 20 heavy (non-hydrogen) atoms. The van der Waals surface area contributed by atoms with Gasteiger partial charge in [-0.25, -0.2) is 9.59 Å². The Bertz CT molecular complexity index is 505. The molecule has 110 valence electrons. The van der Waals surface area contributed by atoms with Gasteiger partial charge in [0.05, 0.1) is 17.9 Å². The van der Waals surface area contributed by atoms with E-state index in [2.05, 4.69) is 0 Å². The SMILES string of the molecule is O=C(Nc1ccccc1C(F)(F)F)NC(CO)C(=O)O. The van der Waals surface area contributed by atoms with E-state index < -0.39 is 42.1 Å². The van der Waals surface area contributed by atoms with Crippen molar-refractivity contribution in [1.29, 1.82) is 0 Å². The van der Waals surface area contributed by atoms with Gasteiger partial charge in [-0.1, -0.05) is 12.1 Å². The fraction of sp³-hybridized carbons (Fsp3) is 0.273. The number of aliphatic hydroxyl groups excluding tert-OH is 1. The summed E-state index contributed by atoms with van der Waals surface area (Å²) < 4.78 is 37.9. The number of amides is 2. The van der Waals surface area contributed by atoms with Crippen LogP contribution in [0.4, 0.5) is 23.7 Å². The lowest BCUT2D eigenvalue weighted by molar-refractivity contribution is -0.140. The lowest BCUT2D eigenvalue weighted by Gasteiger charge is -2.16. The topological polar surface area (TPSA) is 98.7 Å². The maximum Gasteiger partial charge on any atom is 0.418 e. The Morgan fingerprint density at radius 1 is 1.25 bits per heavy atom. The number of hydrogen-bond donors (Lipinski definition) is 4. The first-order valence-electron chi connectivity index (χ1n) is 5.33. The van der Waals surface area contributed by atoms with Gasteiger partial charge in [-0.2, -0.15) is 13.2 Å². The van der Waals surface area contributed by atoms with Crippen LogP contribution in [0.25, 0.3) is 0 Å². The van der Waals surface area contributed by atoms with Crippen LogP contribution in [0.1, 0.15) is 5.56 Å². The van der Waals surface area contributed by atoms with E-state index in [0.717, 1.165) is 18.2 Å². The Labute approximate surface area is 111 Å². The summed E-state index contributed by atoms with van der Waals surface area (Å²) in [5, 5.41) is 21.0. The number of anilines is 1. The van der Waals surface area contributed by atoms with Crippen molar-refractivity contribution in [2.45, 2.75) is 12.2 Å². The molecule has 0 aromatic heterocycles. The van der Waals surface area contributed by atoms with Crippen LogP contribution in [0.15, 0.2) is 24.3 Å². The summed E-state index contributed by atoms with van der Waals surface area (Å²) in [7, 11) is 0. The number of aliphatic carboxylic acids is 1. The Morgan fingerprint density at radius 2 is 1.85 bits per heavy atom. The van der Waals surface area contributed by atoms with Gasteiger partial charge in [-0.3, -0.25) is 0 Å². The molecule has 1 unspecified atom stereocenters. The van der Waals surface area contributed by atoms with E-state index in [1.807, 2.05) is 10.6 Å². The minimum atomic E-state index is -4.66. The molecular weight excluding hydrogens is 281 g/mol. The molecule has 9 heteroatoms. The van der Waals surface area contributed by atoms with Gasteiger partial charge in [0.1, 0.15) is 0 Å². The molecule has 1 atom stereocenters. The predicted molar refractivity (Wildman–Crippen MR) is 62.1 cm³/mol. The highest BCUT2D eigenvalue weighted by Gasteiger charge is 2.33. The lowest BCUT2D eigenvalue weighted by Crippen LogP contribution is -2.45. The van der Waals surface area contributed by atoms with Gasteiger partial charge >= 0.3 is 18.2 Å². The highest BCUT2D eigenvalue weighted by molar-refractivity contribution is 5.93. The van der Waals surface area contributed by atoms with E-state index >= 15 is 0 Å². The maximum atomic E-state index is 12.6. The van der Waals surface area contributed by atoms with E-state index in [1.165, 1.54) is 6.07 Å². The maximum absolute atomic E-state index is 12.6. The monoisotopic (exact) mass is 292 g/mol. The van der Waals surface area contributed by atoms with Crippen LogP contribution in [-0.4, -0.2) is 34.9 Å². The fourth-order valence-corrected chi connectivity index (χ4v) is 1.34. The second-order valence-electron chi connectivity index (χ2n) is 3.72. The van der Waals surface area contributed by atoms with E-state index in [0.29, 0.717) is 0 Å². The van der Waals surface area contributed by atoms with Gasteiger partial charge in [-0.15, -0.1) is 0 Å². The van der Waals surface area contributed by atoms with Gasteiger partial charge in [-0.05, 0) is 12.1 Å². The van der Waals surface area contributed by atoms with Crippen molar-refractivity contribution >= 4 is 17.7 Å². The van der Waals surface area contributed by atoms with E-state index in [4.69, 9.17) is 10.2 Å². The Morgan fingerprint density at radius 3 is 2.35 bits per heavy atom. The average molecular weight is 292 g/mol. The van der Waals surface area contributed by atoms with Crippen molar-refractivity contribution < 1.29 is 33.0 Å². The number of halogens is 3. The lowest BCUT2D eigenvalue weighted by atomic mass is 10.1. The van der Waals surface area contributed by atoms with Crippen LogP contribution < -0.4 is 10.6 Å². The van der Waals surface area contributed by atoms with Crippen molar-refractivity contribution in [2.24, 2.45) is 0 Å². The van der Waals surface area contributed by atoms with Crippen molar-refractivity contribution in [3.05, 3.63) is 29.8 Å². The second kappa shape index (κ2) is 6.24. The smallest absolute Gasteiger partial charge is 0.418 e. The van der Waals surface area contributed by atoms with E-state index in [1.54, 1.807) is 0 Å². The molecule has 0 aliphatic heterocycles. The second-order valence-corrected chi connectivity index (χ2v) is 3.72. The molecule has 0 bridgehead atoms. The number of hydrogen-bond acceptors (Lipinski definition) is 3. The first kappa shape index (κ1) is 15.8. The first-order valence-corrected chi connectivity index (χ1v) is 5.33. The van der Waals surface area contributed by atoms with Gasteiger partial charge in [0.15, 0.2) is 6.04 Å². The summed E-state index contributed by atoms with van der Waals surface area (Å²) in [6.07, 6.45) is -4.66. The third-order valence-electron chi connectivity index (χ3n) is 2.27. The number of carbonyl (C=O) groups excluding carboxylic acids is 1. The number of benzene rings is 1. The van der Waals surface area contributed by atoms with Gasteiger partial charge in [0.2, 0.25) is 0 Å². The minimum absolute atomic E-state index is 0.514. The number of rotatable bonds is 4. The summed E-state index contributed by atoms with van der Waals surface area (Å²) in [6.45, 7) is -0.885. The average Bonchev–Trinajstić information content (AvgIpc) is 2.35. The molecular formula is C11H11F3N2O4. The number of aliphatic hydroxyl groups is 1. The zero-order chi connectivity index (χ0) is 15.3. The van der Waals surface area contributed by atoms with Crippen LogP contribution in [0, 0.1) is 0 Å². The number of urea groups is 1. The molecule has 0 spiro atoms. The molecule has 0 radical (unpaired) electrons. The number of carbonyl (C=O) groups is 2. The number of alkyl halides is 3. The molecule has 1 aromatic rings. The van der Waals surface area contributed by atoms with Crippen LogP contribution in [-0.2, 0) is 11.0 Å². The van der Waals surface area contributed by atoms with Gasteiger partial charge < -0.3 is 20.8 Å². The number of nitrogens with one attached hydrogen (secondary N) is 2. The van der Waals surface area contributed by atoms with Crippen molar-refractivity contribution in [2.75, 3.05) is 11.9 Å². The number of carboxylic acid groups (broad SMARTS) is 1. The Hall–Kier alpha value is -2.29. The molecule has 0 fully saturated rings. The van der Waals surface area contributed by atoms with Gasteiger partial charge in [0, 0.05) is 0 Å². The molecule has 6 nitrogen and oxygen atoms in total. The van der Waals surface area contributed by atoms with Crippen LogP contribution in [0.3, 0.4) is 0 Å². The summed E-state index contributed by atoms with van der Waals surface area (Å²) in [6, 6.07) is 1.47. The molecule has 0 saturated carbocycles. The Kier molecular flexibility index (Phi) is 4.92. The molecule has 0 saturated heterocycles. The summed E-state index contributed by atoms with van der Waals surface area (Å²) in [5.74, 6) is -1.51. The molecule has 4 N–H and O–H groups in total. The number of para-hydroxylation sites is 1. The molecule has 0 aliphatic carbocycles. The van der Waals surface area contributed by atoms with Crippen LogP contribution >= 0.6 is 0 Å². The van der Waals surface area contributed by atoms with Crippen LogP contribution in [0.5, 0.6) is 0 Å². The van der Waals surface area contributed by atoms with Crippen molar-refractivity contribution in [3.63, 3.8) is 0 Å². The minimum Gasteiger partial charge on any atom is -0.480 e. The number of carboxylic acids is 1. The molecule has 2 amide bonds. The van der Waals surface area contributed by atoms with Crippen molar-refractivity contribution in [1.82, 2.24) is 5.32 Å². The summed E-state index contributed by atoms with van der Waals surface area (Å²) in [5.41, 5.74) is -1.58. The zero-order valence-corrected chi connectivity index (χ0v) is 9.94. The summed E-state index contributed by atoms with van der Waals surface area (Å²) >= 11 is 0. The molecule has 1 rings (SSSR count). The molecule has 1 aromatic carbocycles. The predicted octanol–water partition coefficient (Wildman–Crippen LogP) is 1.27. The third-order valence-corrected chi connectivity index (χ3v) is 2.27. The van der Waals surface area contributed by atoms with E-state index in [9.17, 15) is 22.8 Å². The Balaban J connectivity index is 2.84. The molecule has 0 heterocycles. The highest BCUT2D eigenvalue weighted by atomic mass is 19.4. The molecule has 0 aliphatic rings.